The van der Waals surface area contributed by atoms with Crippen molar-refractivity contribution in [3.8, 4) is 0 Å². The Morgan fingerprint density at radius 2 is 1.56 bits per heavy atom. The third-order valence-electron chi connectivity index (χ3n) is 3.39. The Hall–Kier alpha value is -0.610. The van der Waals surface area contributed by atoms with Gasteiger partial charge in [0, 0.05) is 20.6 Å². The standard InChI is InChI=1S/C12H23NO3/c1-15-12(16-2)10-8-6-4-3-5-7-9-11(12)13-14/h14H,3-10H2,1-2H3/b13-11+. The molecule has 1 fully saturated rings. The van der Waals surface area contributed by atoms with Crippen LogP contribution in [0.15, 0.2) is 5.16 Å². The van der Waals surface area contributed by atoms with Crippen molar-refractivity contribution < 1.29 is 14.7 Å². The Bertz CT molecular complexity index is 224. The maximum absolute atomic E-state index is 9.10. The van der Waals surface area contributed by atoms with Crippen LogP contribution in [0, 0.1) is 0 Å². The predicted octanol–water partition coefficient (Wildman–Crippen LogP) is 2.94. The summed E-state index contributed by atoms with van der Waals surface area (Å²) in [5.41, 5.74) is 0.624. The minimum Gasteiger partial charge on any atom is -0.411 e. The zero-order chi connectivity index (χ0) is 11.9. The van der Waals surface area contributed by atoms with Gasteiger partial charge in [-0.15, -0.1) is 0 Å². The van der Waals surface area contributed by atoms with E-state index in [1.807, 2.05) is 0 Å². The summed E-state index contributed by atoms with van der Waals surface area (Å²) in [5, 5.41) is 12.5. The molecule has 0 aromatic rings. The van der Waals surface area contributed by atoms with Crippen LogP contribution in [0.3, 0.4) is 0 Å². The van der Waals surface area contributed by atoms with Gasteiger partial charge in [-0.3, -0.25) is 0 Å². The maximum Gasteiger partial charge on any atom is 0.211 e. The molecule has 0 bridgehead atoms. The molecule has 0 unspecified atom stereocenters. The molecule has 1 aliphatic rings. The molecular formula is C12H23NO3. The van der Waals surface area contributed by atoms with E-state index < -0.39 is 5.79 Å². The molecule has 0 radical (unpaired) electrons. The molecule has 16 heavy (non-hydrogen) atoms. The van der Waals surface area contributed by atoms with Gasteiger partial charge in [0.15, 0.2) is 0 Å². The second kappa shape index (κ2) is 6.86. The van der Waals surface area contributed by atoms with Gasteiger partial charge in [0.2, 0.25) is 5.79 Å². The topological polar surface area (TPSA) is 51.0 Å². The number of oxime groups is 1. The fourth-order valence-corrected chi connectivity index (χ4v) is 2.34. The highest BCUT2D eigenvalue weighted by molar-refractivity contribution is 5.90. The molecule has 0 aliphatic heterocycles. The number of rotatable bonds is 2. The summed E-state index contributed by atoms with van der Waals surface area (Å²) in [6.07, 6.45) is 8.50. The van der Waals surface area contributed by atoms with Crippen LogP contribution >= 0.6 is 0 Å². The molecule has 1 aliphatic carbocycles. The summed E-state index contributed by atoms with van der Waals surface area (Å²) < 4.78 is 10.9. The Balaban J connectivity index is 2.77. The minimum absolute atomic E-state index is 0.624. The van der Waals surface area contributed by atoms with Crippen LogP contribution in [0.2, 0.25) is 0 Å². The molecule has 4 nitrogen and oxygen atoms in total. The third-order valence-corrected chi connectivity index (χ3v) is 3.39. The van der Waals surface area contributed by atoms with Gasteiger partial charge in [0.05, 0.1) is 0 Å². The summed E-state index contributed by atoms with van der Waals surface area (Å²) in [5.74, 6) is -0.813. The zero-order valence-corrected chi connectivity index (χ0v) is 10.4. The average Bonchev–Trinajstić information content (AvgIpc) is 2.34. The van der Waals surface area contributed by atoms with Crippen molar-refractivity contribution in [3.63, 3.8) is 0 Å². The molecule has 0 amide bonds. The zero-order valence-electron chi connectivity index (χ0n) is 10.4. The van der Waals surface area contributed by atoms with E-state index in [2.05, 4.69) is 5.16 Å². The van der Waals surface area contributed by atoms with Crippen molar-refractivity contribution in [1.29, 1.82) is 0 Å². The number of nitrogens with zero attached hydrogens (tertiary/aromatic N) is 1. The van der Waals surface area contributed by atoms with Crippen molar-refractivity contribution >= 4 is 5.71 Å². The van der Waals surface area contributed by atoms with Crippen LogP contribution in [0.5, 0.6) is 0 Å². The Morgan fingerprint density at radius 3 is 2.12 bits per heavy atom. The van der Waals surface area contributed by atoms with E-state index in [1.54, 1.807) is 14.2 Å². The highest BCUT2D eigenvalue weighted by atomic mass is 16.7. The van der Waals surface area contributed by atoms with E-state index in [9.17, 15) is 0 Å². The lowest BCUT2D eigenvalue weighted by Gasteiger charge is -2.32. The lowest BCUT2D eigenvalue weighted by atomic mass is 9.94. The normalized spacial score (nSPS) is 25.5. The summed E-state index contributed by atoms with van der Waals surface area (Å²) in [7, 11) is 3.22. The van der Waals surface area contributed by atoms with Gasteiger partial charge in [-0.05, 0) is 19.3 Å². The van der Waals surface area contributed by atoms with E-state index in [4.69, 9.17) is 14.7 Å². The number of hydrogen-bond donors (Lipinski definition) is 1. The highest BCUT2D eigenvalue weighted by Crippen LogP contribution is 2.27. The first kappa shape index (κ1) is 13.5. The molecule has 1 saturated carbocycles. The molecule has 0 atom stereocenters. The van der Waals surface area contributed by atoms with Gasteiger partial charge in [-0.25, -0.2) is 0 Å². The van der Waals surface area contributed by atoms with Gasteiger partial charge in [-0.1, -0.05) is 30.8 Å². The third kappa shape index (κ3) is 3.19. The smallest absolute Gasteiger partial charge is 0.211 e. The quantitative estimate of drug-likeness (QED) is 0.450. The van der Waals surface area contributed by atoms with Gasteiger partial charge < -0.3 is 14.7 Å². The number of methoxy groups -OCH3 is 2. The summed E-state index contributed by atoms with van der Waals surface area (Å²) in [6.45, 7) is 0. The lowest BCUT2D eigenvalue weighted by molar-refractivity contribution is -0.161. The van der Waals surface area contributed by atoms with Crippen molar-refractivity contribution in [3.05, 3.63) is 0 Å². The molecule has 0 aromatic heterocycles. The summed E-state index contributed by atoms with van der Waals surface area (Å²) in [4.78, 5) is 0. The molecule has 0 spiro atoms. The van der Waals surface area contributed by atoms with Crippen LogP contribution in [0.25, 0.3) is 0 Å². The Kier molecular flexibility index (Phi) is 5.77. The van der Waals surface area contributed by atoms with Crippen molar-refractivity contribution in [2.45, 2.75) is 57.2 Å². The fraction of sp³-hybridized carbons (Fsp3) is 0.917. The Labute approximate surface area is 97.6 Å². The Morgan fingerprint density at radius 1 is 1.00 bits per heavy atom. The van der Waals surface area contributed by atoms with Crippen LogP contribution in [-0.4, -0.2) is 30.9 Å². The second-order valence-corrected chi connectivity index (χ2v) is 4.33. The monoisotopic (exact) mass is 229 g/mol. The van der Waals surface area contributed by atoms with Crippen LogP contribution < -0.4 is 0 Å². The molecular weight excluding hydrogens is 206 g/mol. The molecule has 0 saturated heterocycles. The van der Waals surface area contributed by atoms with Gasteiger partial charge in [0.25, 0.3) is 0 Å². The summed E-state index contributed by atoms with van der Waals surface area (Å²) in [6, 6.07) is 0. The van der Waals surface area contributed by atoms with Crippen molar-refractivity contribution in [2.24, 2.45) is 5.16 Å². The fourth-order valence-electron chi connectivity index (χ4n) is 2.34. The molecule has 94 valence electrons. The first-order chi connectivity index (χ1) is 7.79. The molecule has 1 N–H and O–H groups in total. The van der Waals surface area contributed by atoms with E-state index in [0.717, 1.165) is 25.7 Å². The highest BCUT2D eigenvalue weighted by Gasteiger charge is 2.36. The predicted molar refractivity (Wildman–Crippen MR) is 62.9 cm³/mol. The number of hydrogen-bond acceptors (Lipinski definition) is 4. The number of ether oxygens (including phenoxy) is 2. The lowest BCUT2D eigenvalue weighted by Crippen LogP contribution is -2.43. The molecule has 1 rings (SSSR count). The van der Waals surface area contributed by atoms with Gasteiger partial charge in [-0.2, -0.15) is 0 Å². The van der Waals surface area contributed by atoms with E-state index in [-0.39, 0.29) is 0 Å². The van der Waals surface area contributed by atoms with Crippen LogP contribution in [0.4, 0.5) is 0 Å². The van der Waals surface area contributed by atoms with Crippen molar-refractivity contribution in [2.75, 3.05) is 14.2 Å². The van der Waals surface area contributed by atoms with Crippen molar-refractivity contribution in [1.82, 2.24) is 0 Å². The second-order valence-electron chi connectivity index (χ2n) is 4.33. The molecule has 0 heterocycles. The molecule has 0 aromatic carbocycles. The van der Waals surface area contributed by atoms with Gasteiger partial charge in [0.1, 0.15) is 5.71 Å². The largest absolute Gasteiger partial charge is 0.411 e. The average molecular weight is 229 g/mol. The first-order valence-corrected chi connectivity index (χ1v) is 6.11. The van der Waals surface area contributed by atoms with Crippen LogP contribution in [-0.2, 0) is 9.47 Å². The maximum atomic E-state index is 9.10. The van der Waals surface area contributed by atoms with Crippen LogP contribution in [0.1, 0.15) is 51.4 Å². The van der Waals surface area contributed by atoms with E-state index >= 15 is 0 Å². The first-order valence-electron chi connectivity index (χ1n) is 6.11. The van der Waals surface area contributed by atoms with Gasteiger partial charge >= 0.3 is 0 Å². The SMILES string of the molecule is COC1(OC)CCCCCCCC/C1=N\O. The molecule has 4 heteroatoms. The van der Waals surface area contributed by atoms with E-state index in [0.29, 0.717) is 5.71 Å². The van der Waals surface area contributed by atoms with E-state index in [1.165, 1.54) is 25.7 Å². The summed E-state index contributed by atoms with van der Waals surface area (Å²) >= 11 is 0. The minimum atomic E-state index is -0.813.